The number of hydrogen-bond acceptors (Lipinski definition) is 2. The third-order valence-corrected chi connectivity index (χ3v) is 2.60. The van der Waals surface area contributed by atoms with Gasteiger partial charge in [-0.15, -0.1) is 0 Å². The maximum absolute atomic E-state index is 13.1. The average molecular weight is 286 g/mol. The van der Waals surface area contributed by atoms with Gasteiger partial charge >= 0.3 is 0 Å². The van der Waals surface area contributed by atoms with Gasteiger partial charge in [-0.05, 0) is 12.1 Å². The second kappa shape index (κ2) is 3.92. The molecule has 0 atom stereocenters. The van der Waals surface area contributed by atoms with Gasteiger partial charge < -0.3 is 0 Å². The van der Waals surface area contributed by atoms with E-state index in [2.05, 4.69) is 21.1 Å². The summed E-state index contributed by atoms with van der Waals surface area (Å²) in [5.74, 6) is -2.73. The van der Waals surface area contributed by atoms with Crippen molar-refractivity contribution in [3.05, 3.63) is 33.8 Å². The third-order valence-electron chi connectivity index (χ3n) is 1.45. The predicted octanol–water partition coefficient (Wildman–Crippen LogP) is 1.52. The molecule has 0 spiro atoms. The normalized spacial score (nSPS) is 11.7. The number of hydrogen-bond donors (Lipinski definition) is 1. The Hall–Kier alpha value is -0.530. The van der Waals surface area contributed by atoms with E-state index in [0.29, 0.717) is 0 Å². The van der Waals surface area contributed by atoms with Crippen molar-refractivity contribution in [2.24, 2.45) is 5.14 Å². The number of sulfonamides is 1. The van der Waals surface area contributed by atoms with Crippen LogP contribution < -0.4 is 5.14 Å². The Bertz CT molecular complexity index is 438. The Morgan fingerprint density at radius 2 is 1.71 bits per heavy atom. The van der Waals surface area contributed by atoms with Gasteiger partial charge in [0, 0.05) is 10.0 Å². The summed E-state index contributed by atoms with van der Waals surface area (Å²) in [6.45, 7) is 0. The molecule has 0 bridgehead atoms. The van der Waals surface area contributed by atoms with E-state index in [4.69, 9.17) is 0 Å². The first-order valence-corrected chi connectivity index (χ1v) is 5.94. The Balaban J connectivity index is 3.22. The summed E-state index contributed by atoms with van der Waals surface area (Å²) >= 11 is 2.87. The fourth-order valence-corrected chi connectivity index (χ4v) is 1.99. The minimum absolute atomic E-state index is 0.200. The SMILES string of the molecule is NS(=O)(=O)Cc1c(F)cc(Br)cc1F. The molecule has 7 heteroatoms. The number of nitrogens with two attached hydrogens (primary N) is 1. The molecular weight excluding hydrogens is 280 g/mol. The Kier molecular flexibility index (Phi) is 3.23. The van der Waals surface area contributed by atoms with Crippen molar-refractivity contribution in [3.63, 3.8) is 0 Å². The molecule has 0 radical (unpaired) electrons. The molecule has 2 N–H and O–H groups in total. The molecule has 1 aromatic rings. The van der Waals surface area contributed by atoms with Gasteiger partial charge in [0.25, 0.3) is 0 Å². The summed E-state index contributed by atoms with van der Waals surface area (Å²) in [5.41, 5.74) is -0.546. The van der Waals surface area contributed by atoms with Gasteiger partial charge in [0.15, 0.2) is 0 Å². The fraction of sp³-hybridized carbons (Fsp3) is 0.143. The minimum atomic E-state index is -3.93. The second-order valence-electron chi connectivity index (χ2n) is 2.66. The van der Waals surface area contributed by atoms with Crippen molar-refractivity contribution in [1.82, 2.24) is 0 Å². The van der Waals surface area contributed by atoms with Gasteiger partial charge in [-0.2, -0.15) is 0 Å². The van der Waals surface area contributed by atoms with Gasteiger partial charge in [0.05, 0.1) is 5.75 Å². The maximum Gasteiger partial charge on any atom is 0.213 e. The van der Waals surface area contributed by atoms with Crippen LogP contribution in [0.1, 0.15) is 5.56 Å². The Morgan fingerprint density at radius 3 is 2.07 bits per heavy atom. The zero-order valence-electron chi connectivity index (χ0n) is 6.80. The summed E-state index contributed by atoms with van der Waals surface area (Å²) in [7, 11) is -3.93. The molecule has 0 fully saturated rings. The molecule has 14 heavy (non-hydrogen) atoms. The summed E-state index contributed by atoms with van der Waals surface area (Å²) in [6.07, 6.45) is 0. The lowest BCUT2D eigenvalue weighted by Gasteiger charge is -2.03. The highest BCUT2D eigenvalue weighted by atomic mass is 79.9. The summed E-state index contributed by atoms with van der Waals surface area (Å²) in [5, 5.41) is 4.67. The number of rotatable bonds is 2. The van der Waals surface area contributed by atoms with Crippen LogP contribution in [0.25, 0.3) is 0 Å². The molecule has 0 heterocycles. The topological polar surface area (TPSA) is 60.2 Å². The van der Waals surface area contributed by atoms with E-state index in [1.54, 1.807) is 0 Å². The standard InChI is InChI=1S/C7H6BrF2NO2S/c8-4-1-6(9)5(7(10)2-4)3-14(11,12)13/h1-2H,3H2,(H2,11,12,13). The molecule has 0 unspecified atom stereocenters. The Morgan fingerprint density at radius 1 is 1.29 bits per heavy atom. The first-order chi connectivity index (χ1) is 6.29. The average Bonchev–Trinajstić information content (AvgIpc) is 1.95. The lowest BCUT2D eigenvalue weighted by atomic mass is 10.2. The second-order valence-corrected chi connectivity index (χ2v) is 5.19. The zero-order chi connectivity index (χ0) is 10.9. The quantitative estimate of drug-likeness (QED) is 0.896. The molecule has 1 rings (SSSR count). The van der Waals surface area contributed by atoms with E-state index in [9.17, 15) is 17.2 Å². The molecule has 0 saturated heterocycles. The van der Waals surface area contributed by atoms with E-state index >= 15 is 0 Å². The lowest BCUT2D eigenvalue weighted by molar-refractivity contribution is 0.555. The molecule has 78 valence electrons. The van der Waals surface area contributed by atoms with Crippen molar-refractivity contribution < 1.29 is 17.2 Å². The van der Waals surface area contributed by atoms with Crippen molar-refractivity contribution in [2.45, 2.75) is 5.75 Å². The van der Waals surface area contributed by atoms with Crippen LogP contribution in [-0.4, -0.2) is 8.42 Å². The monoisotopic (exact) mass is 285 g/mol. The van der Waals surface area contributed by atoms with Crippen molar-refractivity contribution in [2.75, 3.05) is 0 Å². The molecule has 1 aromatic carbocycles. The highest BCUT2D eigenvalue weighted by Crippen LogP contribution is 2.20. The molecule has 0 aliphatic heterocycles. The van der Waals surface area contributed by atoms with Crippen molar-refractivity contribution >= 4 is 26.0 Å². The highest BCUT2D eigenvalue weighted by Gasteiger charge is 2.15. The summed E-state index contributed by atoms with van der Waals surface area (Å²) in [6, 6.07) is 1.95. The molecule has 0 aliphatic carbocycles. The van der Waals surface area contributed by atoms with Gasteiger partial charge in [0.1, 0.15) is 11.6 Å². The van der Waals surface area contributed by atoms with Gasteiger partial charge in [-0.25, -0.2) is 22.3 Å². The smallest absolute Gasteiger partial charge is 0.213 e. The zero-order valence-corrected chi connectivity index (χ0v) is 9.20. The Labute approximate surface area is 88.1 Å². The third kappa shape index (κ3) is 3.00. The molecule has 0 aliphatic rings. The molecule has 0 amide bonds. The van der Waals surface area contributed by atoms with Crippen molar-refractivity contribution in [3.8, 4) is 0 Å². The predicted molar refractivity (Wildman–Crippen MR) is 50.9 cm³/mol. The van der Waals surface area contributed by atoms with Crippen LogP contribution in [0, 0.1) is 11.6 Å². The minimum Gasteiger partial charge on any atom is -0.228 e. The van der Waals surface area contributed by atoms with Gasteiger partial charge in [0.2, 0.25) is 10.0 Å². The fourth-order valence-electron chi connectivity index (χ4n) is 0.911. The van der Waals surface area contributed by atoms with Crippen LogP contribution in [0.4, 0.5) is 8.78 Å². The largest absolute Gasteiger partial charge is 0.228 e. The maximum atomic E-state index is 13.1. The van der Waals surface area contributed by atoms with E-state index in [0.717, 1.165) is 12.1 Å². The summed E-state index contributed by atoms with van der Waals surface area (Å²) < 4.78 is 47.5. The van der Waals surface area contributed by atoms with Crippen LogP contribution in [-0.2, 0) is 15.8 Å². The van der Waals surface area contributed by atoms with Crippen LogP contribution in [0.15, 0.2) is 16.6 Å². The first kappa shape index (κ1) is 11.5. The lowest BCUT2D eigenvalue weighted by Crippen LogP contribution is -2.16. The van der Waals surface area contributed by atoms with Crippen LogP contribution in [0.2, 0.25) is 0 Å². The number of halogens is 3. The summed E-state index contributed by atoms with van der Waals surface area (Å²) in [4.78, 5) is 0. The molecule has 0 saturated carbocycles. The van der Waals surface area contributed by atoms with Crippen LogP contribution in [0.5, 0.6) is 0 Å². The van der Waals surface area contributed by atoms with E-state index < -0.39 is 33.0 Å². The van der Waals surface area contributed by atoms with Crippen molar-refractivity contribution in [1.29, 1.82) is 0 Å². The van der Waals surface area contributed by atoms with Crippen LogP contribution >= 0.6 is 15.9 Å². The van der Waals surface area contributed by atoms with E-state index in [1.165, 1.54) is 0 Å². The van der Waals surface area contributed by atoms with Crippen LogP contribution in [0.3, 0.4) is 0 Å². The number of primary sulfonamides is 1. The number of benzene rings is 1. The van der Waals surface area contributed by atoms with Gasteiger partial charge in [-0.1, -0.05) is 15.9 Å². The molecular formula is C7H6BrF2NO2S. The first-order valence-electron chi connectivity index (χ1n) is 3.43. The van der Waals surface area contributed by atoms with E-state index in [1.807, 2.05) is 0 Å². The molecule has 3 nitrogen and oxygen atoms in total. The van der Waals surface area contributed by atoms with Gasteiger partial charge in [-0.3, -0.25) is 0 Å². The van der Waals surface area contributed by atoms with E-state index in [-0.39, 0.29) is 4.47 Å². The molecule has 0 aromatic heterocycles. The highest BCUT2D eigenvalue weighted by molar-refractivity contribution is 9.10.